The molecule has 0 aliphatic carbocycles. The lowest BCUT2D eigenvalue weighted by Crippen LogP contribution is -2.22. The van der Waals surface area contributed by atoms with E-state index in [9.17, 15) is 4.79 Å². The predicted molar refractivity (Wildman–Crippen MR) is 63.2 cm³/mol. The highest BCUT2D eigenvalue weighted by Gasteiger charge is 2.11. The highest BCUT2D eigenvalue weighted by Crippen LogP contribution is 2.12. The van der Waals surface area contributed by atoms with Crippen molar-refractivity contribution in [2.45, 2.75) is 32.7 Å². The third-order valence-electron chi connectivity index (χ3n) is 2.17. The average Bonchev–Trinajstić information content (AvgIpc) is 2.28. The number of aliphatic carboxylic acids is 1. The molecular formula is C11H17N3O3. The molecule has 0 aliphatic rings. The minimum Gasteiger partial charge on any atom is -0.481 e. The Morgan fingerprint density at radius 2 is 2.29 bits per heavy atom. The summed E-state index contributed by atoms with van der Waals surface area (Å²) in [5, 5.41) is 11.8. The average molecular weight is 239 g/mol. The number of aromatic nitrogens is 2. The quantitative estimate of drug-likeness (QED) is 0.750. The van der Waals surface area contributed by atoms with Gasteiger partial charge >= 0.3 is 5.97 Å². The van der Waals surface area contributed by atoms with Gasteiger partial charge in [0.05, 0.1) is 25.4 Å². The van der Waals surface area contributed by atoms with Crippen molar-refractivity contribution in [1.82, 2.24) is 9.97 Å². The smallest absolute Gasteiger partial charge is 0.305 e. The molecule has 1 unspecified atom stereocenters. The van der Waals surface area contributed by atoms with Gasteiger partial charge in [0.1, 0.15) is 5.82 Å². The highest BCUT2D eigenvalue weighted by atomic mass is 16.5. The summed E-state index contributed by atoms with van der Waals surface area (Å²) in [5.74, 6) is 0.130. The minimum absolute atomic E-state index is 0.0526. The second kappa shape index (κ2) is 6.67. The number of rotatable bonds is 7. The third-order valence-corrected chi connectivity index (χ3v) is 2.17. The van der Waals surface area contributed by atoms with E-state index in [1.165, 1.54) is 6.20 Å². The maximum atomic E-state index is 10.6. The molecule has 0 fully saturated rings. The number of carboxylic acid groups (broad SMARTS) is 1. The van der Waals surface area contributed by atoms with Crippen LogP contribution in [0.4, 0.5) is 5.82 Å². The zero-order valence-electron chi connectivity index (χ0n) is 10.0. The van der Waals surface area contributed by atoms with Crippen molar-refractivity contribution in [3.05, 3.63) is 12.4 Å². The Morgan fingerprint density at radius 3 is 2.88 bits per heavy atom. The van der Waals surface area contributed by atoms with Gasteiger partial charge in [-0.2, -0.15) is 4.98 Å². The van der Waals surface area contributed by atoms with Crippen LogP contribution in [-0.2, 0) is 4.79 Å². The molecule has 17 heavy (non-hydrogen) atoms. The van der Waals surface area contributed by atoms with Crippen LogP contribution in [0.5, 0.6) is 5.88 Å². The number of carboxylic acids is 1. The molecule has 6 nitrogen and oxygen atoms in total. The van der Waals surface area contributed by atoms with E-state index >= 15 is 0 Å². The van der Waals surface area contributed by atoms with Crippen molar-refractivity contribution < 1.29 is 14.6 Å². The van der Waals surface area contributed by atoms with Gasteiger partial charge in [-0.15, -0.1) is 0 Å². The number of nitrogens with zero attached hydrogens (tertiary/aromatic N) is 2. The van der Waals surface area contributed by atoms with E-state index < -0.39 is 5.97 Å². The largest absolute Gasteiger partial charge is 0.481 e. The van der Waals surface area contributed by atoms with E-state index in [2.05, 4.69) is 15.3 Å². The summed E-state index contributed by atoms with van der Waals surface area (Å²) in [6.45, 7) is 4.30. The molecule has 1 aromatic rings. The van der Waals surface area contributed by atoms with Crippen LogP contribution in [0.2, 0.25) is 0 Å². The van der Waals surface area contributed by atoms with Gasteiger partial charge in [-0.05, 0) is 13.3 Å². The topological polar surface area (TPSA) is 84.3 Å². The molecule has 1 rings (SSSR count). The molecule has 0 amide bonds. The van der Waals surface area contributed by atoms with Gasteiger partial charge in [0.15, 0.2) is 0 Å². The lowest BCUT2D eigenvalue weighted by molar-refractivity contribution is -0.137. The molecule has 0 bridgehead atoms. The lowest BCUT2D eigenvalue weighted by Gasteiger charge is -2.15. The number of hydrogen-bond acceptors (Lipinski definition) is 5. The van der Waals surface area contributed by atoms with E-state index in [0.29, 0.717) is 24.7 Å². The zero-order valence-corrected chi connectivity index (χ0v) is 10.0. The van der Waals surface area contributed by atoms with Crippen LogP contribution in [0.15, 0.2) is 12.4 Å². The monoisotopic (exact) mass is 239 g/mol. The van der Waals surface area contributed by atoms with E-state index in [1.807, 2.05) is 13.8 Å². The van der Waals surface area contributed by atoms with E-state index in [1.54, 1.807) is 6.20 Å². The van der Waals surface area contributed by atoms with E-state index in [4.69, 9.17) is 9.84 Å². The summed E-state index contributed by atoms with van der Waals surface area (Å²) < 4.78 is 5.21. The van der Waals surface area contributed by atoms with Crippen LogP contribution in [-0.4, -0.2) is 33.7 Å². The minimum atomic E-state index is -0.835. The Bertz CT molecular complexity index is 371. The molecule has 1 heterocycles. The Hall–Kier alpha value is -1.85. The SMILES string of the molecule is CCOc1cncc(NC(CC)CC(=O)O)n1. The van der Waals surface area contributed by atoms with Gasteiger partial charge in [-0.25, -0.2) is 0 Å². The Balaban J connectivity index is 2.65. The second-order valence-corrected chi connectivity index (χ2v) is 3.52. The molecule has 0 saturated heterocycles. The summed E-state index contributed by atoms with van der Waals surface area (Å²) in [6, 6.07) is -0.154. The summed E-state index contributed by atoms with van der Waals surface area (Å²) in [4.78, 5) is 18.8. The summed E-state index contributed by atoms with van der Waals surface area (Å²) in [7, 11) is 0. The van der Waals surface area contributed by atoms with Crippen molar-refractivity contribution in [2.75, 3.05) is 11.9 Å². The maximum Gasteiger partial charge on any atom is 0.305 e. The van der Waals surface area contributed by atoms with Crippen LogP contribution < -0.4 is 10.1 Å². The van der Waals surface area contributed by atoms with E-state index in [-0.39, 0.29) is 12.5 Å². The first-order valence-electron chi connectivity index (χ1n) is 5.58. The molecule has 0 radical (unpaired) electrons. The zero-order chi connectivity index (χ0) is 12.7. The van der Waals surface area contributed by atoms with Crippen molar-refractivity contribution in [1.29, 1.82) is 0 Å². The van der Waals surface area contributed by atoms with Crippen molar-refractivity contribution in [3.63, 3.8) is 0 Å². The fraction of sp³-hybridized carbons (Fsp3) is 0.545. The number of hydrogen-bond donors (Lipinski definition) is 2. The first-order valence-corrected chi connectivity index (χ1v) is 5.58. The Kier molecular flexibility index (Phi) is 5.19. The maximum absolute atomic E-state index is 10.6. The molecule has 0 aromatic carbocycles. The number of carbonyl (C=O) groups is 1. The van der Waals surface area contributed by atoms with Gasteiger partial charge in [-0.1, -0.05) is 6.92 Å². The van der Waals surface area contributed by atoms with Crippen molar-refractivity contribution in [2.24, 2.45) is 0 Å². The molecule has 1 atom stereocenters. The lowest BCUT2D eigenvalue weighted by atomic mass is 10.1. The molecule has 6 heteroatoms. The van der Waals surface area contributed by atoms with Gasteiger partial charge in [0, 0.05) is 6.04 Å². The van der Waals surface area contributed by atoms with Gasteiger partial charge in [-0.3, -0.25) is 9.78 Å². The fourth-order valence-electron chi connectivity index (χ4n) is 1.35. The van der Waals surface area contributed by atoms with Crippen LogP contribution in [0.1, 0.15) is 26.7 Å². The Morgan fingerprint density at radius 1 is 1.53 bits per heavy atom. The van der Waals surface area contributed by atoms with Gasteiger partial charge < -0.3 is 15.2 Å². The fourth-order valence-corrected chi connectivity index (χ4v) is 1.35. The number of nitrogens with one attached hydrogen (secondary N) is 1. The summed E-state index contributed by atoms with van der Waals surface area (Å²) >= 11 is 0. The predicted octanol–water partition coefficient (Wildman–Crippen LogP) is 1.54. The molecule has 94 valence electrons. The summed E-state index contributed by atoms with van der Waals surface area (Å²) in [6.07, 6.45) is 3.82. The van der Waals surface area contributed by atoms with Crippen molar-refractivity contribution >= 4 is 11.8 Å². The second-order valence-electron chi connectivity index (χ2n) is 3.52. The molecular weight excluding hydrogens is 222 g/mol. The van der Waals surface area contributed by atoms with Gasteiger partial charge in [0.25, 0.3) is 0 Å². The normalized spacial score (nSPS) is 11.9. The van der Waals surface area contributed by atoms with Crippen LogP contribution in [0, 0.1) is 0 Å². The molecule has 0 saturated carbocycles. The first-order chi connectivity index (χ1) is 8.15. The van der Waals surface area contributed by atoms with Gasteiger partial charge in [0.2, 0.25) is 5.88 Å². The van der Waals surface area contributed by atoms with E-state index in [0.717, 1.165) is 0 Å². The molecule has 1 aromatic heterocycles. The van der Waals surface area contributed by atoms with Crippen LogP contribution >= 0.6 is 0 Å². The Labute approximate surface area is 100 Å². The standard InChI is InChI=1S/C11H17N3O3/c1-3-8(5-11(15)16)13-9-6-12-7-10(14-9)17-4-2/h6-8H,3-5H2,1-2H3,(H,13,14)(H,15,16). The molecule has 0 aliphatic heterocycles. The van der Waals surface area contributed by atoms with Crippen LogP contribution in [0.3, 0.4) is 0 Å². The first kappa shape index (κ1) is 13.2. The number of ether oxygens (including phenoxy) is 1. The third kappa shape index (κ3) is 4.67. The molecule has 0 spiro atoms. The van der Waals surface area contributed by atoms with Crippen LogP contribution in [0.25, 0.3) is 0 Å². The highest BCUT2D eigenvalue weighted by molar-refractivity contribution is 5.68. The number of anilines is 1. The molecule has 2 N–H and O–H groups in total. The summed E-state index contributed by atoms with van der Waals surface area (Å²) in [5.41, 5.74) is 0. The van der Waals surface area contributed by atoms with Crippen molar-refractivity contribution in [3.8, 4) is 5.88 Å².